The highest BCUT2D eigenvalue weighted by atomic mass is 32.1. The van der Waals surface area contributed by atoms with E-state index in [0.29, 0.717) is 6.54 Å². The van der Waals surface area contributed by atoms with Crippen LogP contribution in [0.2, 0.25) is 0 Å². The van der Waals surface area contributed by atoms with Crippen LogP contribution in [-0.2, 0) is 4.79 Å². The third-order valence-corrected chi connectivity index (χ3v) is 6.86. The molecule has 0 unspecified atom stereocenters. The maximum absolute atomic E-state index is 12.9. The number of nitrogens with one attached hydrogen (secondary N) is 1. The van der Waals surface area contributed by atoms with Crippen molar-refractivity contribution in [1.29, 1.82) is 0 Å². The molecule has 30 heavy (non-hydrogen) atoms. The van der Waals surface area contributed by atoms with Crippen LogP contribution in [-0.4, -0.2) is 43.5 Å². The second-order valence-electron chi connectivity index (χ2n) is 7.91. The summed E-state index contributed by atoms with van der Waals surface area (Å²) in [7, 11) is 0. The average Bonchev–Trinajstić information content (AvgIpc) is 3.30. The largest absolute Gasteiger partial charge is 0.369 e. The first-order valence-corrected chi connectivity index (χ1v) is 11.4. The van der Waals surface area contributed by atoms with Crippen molar-refractivity contribution >= 4 is 22.9 Å². The van der Waals surface area contributed by atoms with Crippen LogP contribution in [0.1, 0.15) is 27.6 Å². The van der Waals surface area contributed by atoms with E-state index in [0.717, 1.165) is 36.6 Å². The Bertz CT molecular complexity index is 963. The van der Waals surface area contributed by atoms with Crippen LogP contribution in [0, 0.1) is 13.8 Å². The summed E-state index contributed by atoms with van der Waals surface area (Å²) < 4.78 is 0. The van der Waals surface area contributed by atoms with Gasteiger partial charge in [-0.3, -0.25) is 9.69 Å². The first kappa shape index (κ1) is 20.6. The van der Waals surface area contributed by atoms with Crippen molar-refractivity contribution in [2.75, 3.05) is 37.6 Å². The minimum absolute atomic E-state index is 0.0810. The van der Waals surface area contributed by atoms with Gasteiger partial charge in [-0.15, -0.1) is 11.3 Å². The van der Waals surface area contributed by atoms with Crippen LogP contribution in [0.25, 0.3) is 0 Å². The molecule has 0 spiro atoms. The monoisotopic (exact) mass is 419 g/mol. The van der Waals surface area contributed by atoms with Crippen molar-refractivity contribution in [3.8, 4) is 0 Å². The predicted molar refractivity (Wildman–Crippen MR) is 125 cm³/mol. The predicted octanol–water partition coefficient (Wildman–Crippen LogP) is 4.39. The summed E-state index contributed by atoms with van der Waals surface area (Å²) in [6.45, 7) is 8.49. The molecule has 0 aliphatic carbocycles. The Kier molecular flexibility index (Phi) is 6.50. The van der Waals surface area contributed by atoms with Gasteiger partial charge < -0.3 is 10.2 Å². The van der Waals surface area contributed by atoms with Crippen molar-refractivity contribution in [2.45, 2.75) is 19.9 Å². The van der Waals surface area contributed by atoms with Crippen molar-refractivity contribution in [1.82, 2.24) is 10.2 Å². The van der Waals surface area contributed by atoms with Gasteiger partial charge in [0.1, 0.15) is 0 Å². The third-order valence-electron chi connectivity index (χ3n) is 5.92. The molecule has 1 aromatic heterocycles. The van der Waals surface area contributed by atoms with E-state index in [2.05, 4.69) is 70.7 Å². The molecule has 1 aliphatic rings. The molecule has 0 radical (unpaired) electrons. The lowest BCUT2D eigenvalue weighted by Gasteiger charge is -2.37. The number of hydrogen-bond acceptors (Lipinski definition) is 4. The number of amides is 1. The van der Waals surface area contributed by atoms with E-state index in [9.17, 15) is 4.79 Å². The summed E-state index contributed by atoms with van der Waals surface area (Å²) in [6, 6.07) is 20.7. The molecule has 1 amide bonds. The number of thiophene rings is 1. The van der Waals surface area contributed by atoms with Crippen LogP contribution in [0.5, 0.6) is 0 Å². The molecule has 1 N–H and O–H groups in total. The molecule has 1 fully saturated rings. The van der Waals surface area contributed by atoms with Crippen molar-refractivity contribution in [3.05, 3.63) is 87.6 Å². The Balaban J connectivity index is 1.36. The van der Waals surface area contributed by atoms with Crippen LogP contribution < -0.4 is 10.2 Å². The fraction of sp³-hybridized carbons (Fsp3) is 0.320. The molecular weight excluding hydrogens is 390 g/mol. The Morgan fingerprint density at radius 3 is 2.43 bits per heavy atom. The highest BCUT2D eigenvalue weighted by Gasteiger charge is 2.23. The normalized spacial score (nSPS) is 15.7. The standard InChI is InChI=1S/C25H29N3OS/c1-19-8-6-11-22(20(19)2)28-15-13-27(14-16-28)18-24(29)26-25(23-12-7-17-30-23)21-9-4-3-5-10-21/h3-12,17,25H,13-16,18H2,1-2H3,(H,26,29)/t25-/m1/s1. The maximum atomic E-state index is 12.9. The number of hydrogen-bond donors (Lipinski definition) is 1. The van der Waals surface area contributed by atoms with Crippen molar-refractivity contribution in [2.24, 2.45) is 0 Å². The number of anilines is 1. The smallest absolute Gasteiger partial charge is 0.234 e. The molecular formula is C25H29N3OS. The highest BCUT2D eigenvalue weighted by Crippen LogP contribution is 2.26. The van der Waals surface area contributed by atoms with E-state index < -0.39 is 0 Å². The van der Waals surface area contributed by atoms with Crippen molar-refractivity contribution < 1.29 is 4.79 Å². The van der Waals surface area contributed by atoms with E-state index in [1.165, 1.54) is 16.8 Å². The van der Waals surface area contributed by atoms with E-state index >= 15 is 0 Å². The van der Waals surface area contributed by atoms with Gasteiger partial charge in [0.05, 0.1) is 12.6 Å². The quantitative estimate of drug-likeness (QED) is 0.644. The van der Waals surface area contributed by atoms with Gasteiger partial charge in [0, 0.05) is 36.7 Å². The number of carbonyl (C=O) groups excluding carboxylic acids is 1. The van der Waals surface area contributed by atoms with Gasteiger partial charge in [0.15, 0.2) is 0 Å². The number of carbonyl (C=O) groups is 1. The Morgan fingerprint density at radius 2 is 1.73 bits per heavy atom. The lowest BCUT2D eigenvalue weighted by atomic mass is 10.1. The van der Waals surface area contributed by atoms with E-state index in [4.69, 9.17) is 0 Å². The topological polar surface area (TPSA) is 35.6 Å². The molecule has 1 atom stereocenters. The van der Waals surface area contributed by atoms with Gasteiger partial charge >= 0.3 is 0 Å². The fourth-order valence-electron chi connectivity index (χ4n) is 4.05. The summed E-state index contributed by atoms with van der Waals surface area (Å²) in [4.78, 5) is 18.7. The van der Waals surface area contributed by atoms with Gasteiger partial charge in [-0.1, -0.05) is 48.5 Å². The minimum Gasteiger partial charge on any atom is -0.369 e. The number of benzene rings is 2. The van der Waals surface area contributed by atoms with Crippen LogP contribution in [0.3, 0.4) is 0 Å². The SMILES string of the molecule is Cc1cccc(N2CCN(CC(=O)N[C@H](c3ccccc3)c3cccs3)CC2)c1C. The molecule has 4 rings (SSSR count). The number of piperazine rings is 1. The van der Waals surface area contributed by atoms with Gasteiger partial charge in [-0.05, 0) is 48.1 Å². The number of nitrogens with zero attached hydrogens (tertiary/aromatic N) is 2. The molecule has 2 heterocycles. The van der Waals surface area contributed by atoms with E-state index in [-0.39, 0.29) is 11.9 Å². The molecule has 3 aromatic rings. The molecule has 0 bridgehead atoms. The molecule has 156 valence electrons. The molecule has 4 nitrogen and oxygen atoms in total. The van der Waals surface area contributed by atoms with E-state index in [1.807, 2.05) is 24.3 Å². The Labute approximate surface area is 183 Å². The molecule has 5 heteroatoms. The Hall–Kier alpha value is -2.63. The summed E-state index contributed by atoms with van der Waals surface area (Å²) in [6.07, 6.45) is 0. The lowest BCUT2D eigenvalue weighted by molar-refractivity contribution is -0.122. The zero-order valence-electron chi connectivity index (χ0n) is 17.7. The molecule has 1 aliphatic heterocycles. The molecule has 1 saturated heterocycles. The van der Waals surface area contributed by atoms with Crippen LogP contribution >= 0.6 is 11.3 Å². The second-order valence-corrected chi connectivity index (χ2v) is 8.89. The second kappa shape index (κ2) is 9.45. The first-order valence-electron chi connectivity index (χ1n) is 10.5. The van der Waals surface area contributed by atoms with Gasteiger partial charge in [0.2, 0.25) is 5.91 Å². The highest BCUT2D eigenvalue weighted by molar-refractivity contribution is 7.10. The van der Waals surface area contributed by atoms with Gasteiger partial charge in [-0.25, -0.2) is 0 Å². The number of rotatable bonds is 6. The fourth-order valence-corrected chi connectivity index (χ4v) is 4.86. The minimum atomic E-state index is -0.0880. The summed E-state index contributed by atoms with van der Waals surface area (Å²) >= 11 is 1.68. The van der Waals surface area contributed by atoms with E-state index in [1.54, 1.807) is 11.3 Å². The summed E-state index contributed by atoms with van der Waals surface area (Å²) in [5, 5.41) is 5.32. The molecule has 2 aromatic carbocycles. The van der Waals surface area contributed by atoms with Crippen LogP contribution in [0.4, 0.5) is 5.69 Å². The Morgan fingerprint density at radius 1 is 0.967 bits per heavy atom. The average molecular weight is 420 g/mol. The maximum Gasteiger partial charge on any atom is 0.234 e. The van der Waals surface area contributed by atoms with Gasteiger partial charge in [0.25, 0.3) is 0 Å². The number of aryl methyl sites for hydroxylation is 1. The summed E-state index contributed by atoms with van der Waals surface area (Å²) in [5.74, 6) is 0.0810. The zero-order chi connectivity index (χ0) is 20.9. The molecule has 0 saturated carbocycles. The first-order chi connectivity index (χ1) is 14.6. The lowest BCUT2D eigenvalue weighted by Crippen LogP contribution is -2.50. The van der Waals surface area contributed by atoms with Gasteiger partial charge in [-0.2, -0.15) is 0 Å². The summed E-state index contributed by atoms with van der Waals surface area (Å²) in [5.41, 5.74) is 5.12. The zero-order valence-corrected chi connectivity index (χ0v) is 18.5. The van der Waals surface area contributed by atoms with Crippen molar-refractivity contribution in [3.63, 3.8) is 0 Å². The third kappa shape index (κ3) is 4.74. The van der Waals surface area contributed by atoms with Crippen LogP contribution in [0.15, 0.2) is 66.0 Å².